The van der Waals surface area contributed by atoms with Crippen molar-refractivity contribution in [3.05, 3.63) is 41.6 Å². The van der Waals surface area contributed by atoms with E-state index in [1.165, 1.54) is 0 Å². The van der Waals surface area contributed by atoms with Crippen LogP contribution in [0.15, 0.2) is 36.0 Å². The molecular weight excluding hydrogens is 181 g/mol. The van der Waals surface area contributed by atoms with Crippen LogP contribution in [0.25, 0.3) is 6.08 Å². The Labute approximate surface area is 69.9 Å². The van der Waals surface area contributed by atoms with Crippen LogP contribution in [0.3, 0.4) is 0 Å². The fourth-order valence-corrected chi connectivity index (χ4v) is 1.14. The molecule has 0 heterocycles. The largest absolute Gasteiger partial charge is 0.645 e. The van der Waals surface area contributed by atoms with Gasteiger partial charge in [-0.15, -0.1) is 0 Å². The Balaban J connectivity index is 2.71. The maximum absolute atomic E-state index is 11.8. The zero-order valence-corrected chi connectivity index (χ0v) is 7.18. The Morgan fingerprint density at radius 3 is 2.08 bits per heavy atom. The van der Waals surface area contributed by atoms with Gasteiger partial charge in [0.05, 0.1) is 0 Å². The van der Waals surface area contributed by atoms with Crippen LogP contribution >= 0.6 is 0 Å². The standard InChI is InChI=1S/C8H7F3Si/c9-12(10,11)7-6-8-4-2-1-3-5-8/h1-7H. The SMILES string of the molecule is F[Si](F)(F)C=Cc1ccccc1. The molecule has 0 fully saturated rings. The molecule has 0 radical (unpaired) electrons. The van der Waals surface area contributed by atoms with Crippen molar-refractivity contribution in [3.63, 3.8) is 0 Å². The van der Waals surface area contributed by atoms with Crippen molar-refractivity contribution in [1.29, 1.82) is 0 Å². The van der Waals surface area contributed by atoms with Crippen molar-refractivity contribution in [1.82, 2.24) is 0 Å². The molecule has 0 spiro atoms. The molecule has 1 aromatic carbocycles. The number of rotatable bonds is 2. The highest BCUT2D eigenvalue weighted by Gasteiger charge is 2.32. The third kappa shape index (κ3) is 3.38. The highest BCUT2D eigenvalue weighted by molar-refractivity contribution is 6.64. The van der Waals surface area contributed by atoms with Gasteiger partial charge in [-0.05, 0) is 11.3 Å². The molecule has 0 amide bonds. The second-order valence-corrected chi connectivity index (χ2v) is 3.70. The van der Waals surface area contributed by atoms with Crippen LogP contribution < -0.4 is 0 Å². The minimum atomic E-state index is -5.52. The van der Waals surface area contributed by atoms with E-state index in [0.717, 1.165) is 6.08 Å². The lowest BCUT2D eigenvalue weighted by atomic mass is 10.2. The summed E-state index contributed by atoms with van der Waals surface area (Å²) in [5, 5.41) is 0. The summed E-state index contributed by atoms with van der Waals surface area (Å²) < 4.78 is 35.4. The lowest BCUT2D eigenvalue weighted by Crippen LogP contribution is -2.09. The van der Waals surface area contributed by atoms with Crippen LogP contribution in [0, 0.1) is 0 Å². The van der Waals surface area contributed by atoms with Crippen LogP contribution in [-0.4, -0.2) is 9.08 Å². The maximum atomic E-state index is 11.8. The number of halogens is 3. The van der Waals surface area contributed by atoms with E-state index in [4.69, 9.17) is 0 Å². The Kier molecular flexibility index (Phi) is 2.70. The predicted molar refractivity (Wildman–Crippen MR) is 44.6 cm³/mol. The van der Waals surface area contributed by atoms with Crippen LogP contribution in [0.2, 0.25) is 0 Å². The molecule has 0 saturated carbocycles. The van der Waals surface area contributed by atoms with Crippen molar-refractivity contribution in [2.24, 2.45) is 0 Å². The van der Waals surface area contributed by atoms with Crippen molar-refractivity contribution in [2.75, 3.05) is 0 Å². The Morgan fingerprint density at radius 1 is 1.00 bits per heavy atom. The molecule has 12 heavy (non-hydrogen) atoms. The fourth-order valence-electron chi connectivity index (χ4n) is 0.755. The maximum Gasteiger partial charge on any atom is 0.645 e. The topological polar surface area (TPSA) is 0 Å². The van der Waals surface area contributed by atoms with E-state index in [2.05, 4.69) is 0 Å². The van der Waals surface area contributed by atoms with E-state index >= 15 is 0 Å². The van der Waals surface area contributed by atoms with Gasteiger partial charge in [-0.1, -0.05) is 36.4 Å². The van der Waals surface area contributed by atoms with Gasteiger partial charge in [0.15, 0.2) is 0 Å². The highest BCUT2D eigenvalue weighted by Crippen LogP contribution is 2.12. The highest BCUT2D eigenvalue weighted by atomic mass is 28.5. The molecule has 1 aromatic rings. The summed E-state index contributed by atoms with van der Waals surface area (Å²) in [5.41, 5.74) is 0.949. The number of benzene rings is 1. The van der Waals surface area contributed by atoms with Gasteiger partial charge in [-0.2, -0.15) is 0 Å². The van der Waals surface area contributed by atoms with Crippen LogP contribution in [0.4, 0.5) is 12.3 Å². The first-order chi connectivity index (χ1) is 5.58. The number of hydrogen-bond acceptors (Lipinski definition) is 0. The molecule has 0 aliphatic rings. The summed E-state index contributed by atoms with van der Waals surface area (Å²) in [5.74, 6) is 0. The first-order valence-electron chi connectivity index (χ1n) is 3.39. The second-order valence-electron chi connectivity index (χ2n) is 2.29. The van der Waals surface area contributed by atoms with Gasteiger partial charge < -0.3 is 0 Å². The van der Waals surface area contributed by atoms with Crippen molar-refractivity contribution in [2.45, 2.75) is 0 Å². The van der Waals surface area contributed by atoms with Crippen LogP contribution in [-0.2, 0) is 0 Å². The fraction of sp³-hybridized carbons (Fsp3) is 0. The summed E-state index contributed by atoms with van der Waals surface area (Å²) in [7, 11) is -5.52. The van der Waals surface area contributed by atoms with Crippen molar-refractivity contribution < 1.29 is 12.3 Å². The van der Waals surface area contributed by atoms with E-state index in [-0.39, 0.29) is 0 Å². The van der Waals surface area contributed by atoms with E-state index < -0.39 is 9.08 Å². The first-order valence-corrected chi connectivity index (χ1v) is 5.10. The third-order valence-corrected chi connectivity index (χ3v) is 1.81. The van der Waals surface area contributed by atoms with Gasteiger partial charge in [0, 0.05) is 0 Å². The Hall–Kier alpha value is -1.03. The summed E-state index contributed by atoms with van der Waals surface area (Å²) in [6.07, 6.45) is 1.10. The van der Waals surface area contributed by atoms with Crippen molar-refractivity contribution in [3.8, 4) is 0 Å². The molecule has 1 rings (SSSR count). The molecule has 0 aliphatic heterocycles. The van der Waals surface area contributed by atoms with Crippen molar-refractivity contribution >= 4 is 15.2 Å². The average molecular weight is 188 g/mol. The molecular formula is C8H7F3Si. The molecule has 0 saturated heterocycles. The molecule has 0 aromatic heterocycles. The molecule has 0 bridgehead atoms. The predicted octanol–water partition coefficient (Wildman–Crippen LogP) is 3.09. The molecule has 0 atom stereocenters. The molecule has 0 nitrogen and oxygen atoms in total. The van der Waals surface area contributed by atoms with Gasteiger partial charge in [0.2, 0.25) is 0 Å². The van der Waals surface area contributed by atoms with Crippen LogP contribution in [0.5, 0.6) is 0 Å². The van der Waals surface area contributed by atoms with Gasteiger partial charge in [0.1, 0.15) is 0 Å². The molecule has 4 heteroatoms. The van der Waals surface area contributed by atoms with Gasteiger partial charge in [-0.25, -0.2) is 12.3 Å². The third-order valence-electron chi connectivity index (χ3n) is 1.26. The molecule has 0 unspecified atom stereocenters. The lowest BCUT2D eigenvalue weighted by Gasteiger charge is -1.93. The Morgan fingerprint density at radius 2 is 1.58 bits per heavy atom. The van der Waals surface area contributed by atoms with E-state index in [0.29, 0.717) is 11.3 Å². The Bertz CT molecular complexity index is 263. The van der Waals surface area contributed by atoms with Gasteiger partial charge in [-0.3, -0.25) is 0 Å². The van der Waals surface area contributed by atoms with E-state index in [1.807, 2.05) is 0 Å². The minimum Gasteiger partial charge on any atom is -0.234 e. The minimum absolute atomic E-state index is 0.363. The van der Waals surface area contributed by atoms with E-state index in [1.54, 1.807) is 30.3 Å². The van der Waals surface area contributed by atoms with Gasteiger partial charge >= 0.3 is 9.08 Å². The quantitative estimate of drug-likeness (QED) is 0.494. The monoisotopic (exact) mass is 188 g/mol. The van der Waals surface area contributed by atoms with Crippen LogP contribution in [0.1, 0.15) is 5.56 Å². The second kappa shape index (κ2) is 3.58. The molecule has 0 aliphatic carbocycles. The van der Waals surface area contributed by atoms with E-state index in [9.17, 15) is 12.3 Å². The zero-order valence-electron chi connectivity index (χ0n) is 6.18. The summed E-state index contributed by atoms with van der Waals surface area (Å²) in [6, 6.07) is 8.45. The first kappa shape index (κ1) is 9.06. The average Bonchev–Trinajstić information content (AvgIpc) is 2.02. The summed E-state index contributed by atoms with van der Waals surface area (Å²) in [4.78, 5) is 0. The molecule has 64 valence electrons. The normalized spacial score (nSPS) is 12.2. The number of hydrogen-bond donors (Lipinski definition) is 0. The zero-order chi connectivity index (χ0) is 9.03. The smallest absolute Gasteiger partial charge is 0.234 e. The lowest BCUT2D eigenvalue weighted by molar-refractivity contribution is 0.499. The van der Waals surface area contributed by atoms with Gasteiger partial charge in [0.25, 0.3) is 0 Å². The summed E-state index contributed by atoms with van der Waals surface area (Å²) >= 11 is 0. The summed E-state index contributed by atoms with van der Waals surface area (Å²) in [6.45, 7) is 0. The molecule has 0 N–H and O–H groups in total.